The van der Waals surface area contributed by atoms with Crippen molar-refractivity contribution < 1.29 is 23.7 Å². The first kappa shape index (κ1) is 16.2. The number of benzene rings is 3. The zero-order valence-corrected chi connectivity index (χ0v) is 15.8. The van der Waals surface area contributed by atoms with Crippen molar-refractivity contribution in [3.05, 3.63) is 23.8 Å². The number of likely N-dealkylation sites (N-methyl/N-ethyl adjacent to an activating group) is 1. The molecule has 0 N–H and O–H groups in total. The average molecular weight is 367 g/mol. The number of ether oxygens (including phenoxy) is 5. The van der Waals surface area contributed by atoms with Crippen LogP contribution in [0.15, 0.2) is 18.2 Å². The molecule has 3 aromatic carbocycles. The Hall–Kier alpha value is -3.02. The fraction of sp³-hybridized carbons (Fsp3) is 0.333. The lowest BCUT2D eigenvalue weighted by Crippen LogP contribution is -2.24. The lowest BCUT2D eigenvalue weighted by atomic mass is 9.90. The molecule has 0 radical (unpaired) electrons. The van der Waals surface area contributed by atoms with Crippen molar-refractivity contribution in [1.29, 1.82) is 0 Å². The summed E-state index contributed by atoms with van der Waals surface area (Å²) in [6, 6.07) is 6.22. The second-order valence-corrected chi connectivity index (χ2v) is 6.82. The quantitative estimate of drug-likeness (QED) is 0.658. The predicted octanol–water partition coefficient (Wildman–Crippen LogP) is 3.74. The Kier molecular flexibility index (Phi) is 3.44. The third-order valence-electron chi connectivity index (χ3n) is 5.56. The van der Waals surface area contributed by atoms with Gasteiger partial charge in [0.15, 0.2) is 23.0 Å². The Morgan fingerprint density at radius 2 is 1.63 bits per heavy atom. The van der Waals surface area contributed by atoms with Crippen LogP contribution in [0.5, 0.6) is 28.7 Å². The smallest absolute Gasteiger partial charge is 0.231 e. The average Bonchev–Trinajstić information content (AvgIpc) is 3.18. The van der Waals surface area contributed by atoms with Crippen LogP contribution in [-0.2, 0) is 6.42 Å². The van der Waals surface area contributed by atoms with E-state index in [9.17, 15) is 0 Å². The summed E-state index contributed by atoms with van der Waals surface area (Å²) in [6.07, 6.45) is 0.888. The van der Waals surface area contributed by atoms with Crippen LogP contribution in [0.1, 0.15) is 5.56 Å². The molecular weight excluding hydrogens is 346 g/mol. The van der Waals surface area contributed by atoms with E-state index in [4.69, 9.17) is 23.7 Å². The zero-order chi connectivity index (χ0) is 18.7. The maximum Gasteiger partial charge on any atom is 0.231 e. The summed E-state index contributed by atoms with van der Waals surface area (Å²) in [7, 11) is 7.10. The lowest BCUT2D eigenvalue weighted by Gasteiger charge is -2.30. The standard InChI is InChI=1S/C21H21NO5/c1-22-6-5-12-17-14(22)7-11-8-15(23-2)16(24-3)9-13(11)18(17)20-21(19(12)25-4)27-10-26-20/h7-9H,5-6,10H2,1-4H3. The minimum absolute atomic E-state index is 0.194. The second kappa shape index (κ2) is 5.74. The van der Waals surface area contributed by atoms with Crippen molar-refractivity contribution in [3.8, 4) is 28.7 Å². The Balaban J connectivity index is 2.02. The Morgan fingerprint density at radius 3 is 2.37 bits per heavy atom. The summed E-state index contributed by atoms with van der Waals surface area (Å²) >= 11 is 0. The summed E-state index contributed by atoms with van der Waals surface area (Å²) in [4.78, 5) is 2.27. The topological polar surface area (TPSA) is 49.4 Å². The molecule has 0 unspecified atom stereocenters. The normalized spacial score (nSPS) is 14.7. The Morgan fingerprint density at radius 1 is 0.889 bits per heavy atom. The maximum atomic E-state index is 5.91. The van der Waals surface area contributed by atoms with Crippen molar-refractivity contribution in [2.24, 2.45) is 0 Å². The second-order valence-electron chi connectivity index (χ2n) is 6.82. The molecule has 27 heavy (non-hydrogen) atoms. The van der Waals surface area contributed by atoms with Crippen molar-refractivity contribution in [1.82, 2.24) is 0 Å². The number of rotatable bonds is 3. The summed E-state index contributed by atoms with van der Waals surface area (Å²) in [6.45, 7) is 1.11. The van der Waals surface area contributed by atoms with E-state index in [2.05, 4.69) is 18.0 Å². The lowest BCUT2D eigenvalue weighted by molar-refractivity contribution is 0.172. The van der Waals surface area contributed by atoms with Gasteiger partial charge in [-0.05, 0) is 35.4 Å². The molecule has 0 saturated heterocycles. The van der Waals surface area contributed by atoms with Crippen LogP contribution in [0.25, 0.3) is 21.5 Å². The van der Waals surface area contributed by atoms with Gasteiger partial charge in [0.05, 0.1) is 21.3 Å². The molecule has 0 spiro atoms. The first-order valence-corrected chi connectivity index (χ1v) is 8.90. The van der Waals surface area contributed by atoms with Crippen molar-refractivity contribution in [3.63, 3.8) is 0 Å². The van der Waals surface area contributed by atoms with Crippen LogP contribution in [0.3, 0.4) is 0 Å². The van der Waals surface area contributed by atoms with Crippen LogP contribution >= 0.6 is 0 Å². The molecule has 0 aliphatic carbocycles. The first-order chi connectivity index (χ1) is 13.2. The highest BCUT2D eigenvalue weighted by Gasteiger charge is 2.32. The van der Waals surface area contributed by atoms with E-state index in [1.165, 1.54) is 5.56 Å². The summed E-state index contributed by atoms with van der Waals surface area (Å²) in [5.41, 5.74) is 2.32. The van der Waals surface area contributed by atoms with Gasteiger partial charge in [-0.1, -0.05) is 0 Å². The predicted molar refractivity (Wildman–Crippen MR) is 104 cm³/mol. The van der Waals surface area contributed by atoms with Crippen molar-refractivity contribution in [2.45, 2.75) is 6.42 Å². The molecule has 0 fully saturated rings. The molecular formula is C21H21NO5. The minimum Gasteiger partial charge on any atom is -0.493 e. The van der Waals surface area contributed by atoms with Crippen LogP contribution < -0.4 is 28.6 Å². The van der Waals surface area contributed by atoms with E-state index in [1.807, 2.05) is 12.1 Å². The molecule has 6 heteroatoms. The molecule has 2 aliphatic heterocycles. The summed E-state index contributed by atoms with van der Waals surface area (Å²) in [5.74, 6) is 3.61. The van der Waals surface area contributed by atoms with Gasteiger partial charge in [0.25, 0.3) is 0 Å². The van der Waals surface area contributed by atoms with Gasteiger partial charge in [-0.2, -0.15) is 0 Å². The van der Waals surface area contributed by atoms with Gasteiger partial charge in [0.2, 0.25) is 12.5 Å². The zero-order valence-electron chi connectivity index (χ0n) is 15.8. The summed E-state index contributed by atoms with van der Waals surface area (Å²) < 4.78 is 28.5. The fourth-order valence-electron chi connectivity index (χ4n) is 4.29. The van der Waals surface area contributed by atoms with E-state index in [0.717, 1.165) is 51.7 Å². The highest BCUT2D eigenvalue weighted by molar-refractivity contribution is 6.19. The SMILES string of the molecule is COc1cc2cc3c4c(c(OC)c5c(c4c2cc1OC)OCO5)CCN3C. The first-order valence-electron chi connectivity index (χ1n) is 8.90. The third kappa shape index (κ3) is 2.07. The monoisotopic (exact) mass is 367 g/mol. The van der Waals surface area contributed by atoms with Crippen LogP contribution in [0.4, 0.5) is 5.69 Å². The Bertz CT molecular complexity index is 1090. The number of methoxy groups -OCH3 is 3. The molecule has 0 amide bonds. The molecule has 6 nitrogen and oxygen atoms in total. The van der Waals surface area contributed by atoms with Gasteiger partial charge in [-0.25, -0.2) is 0 Å². The summed E-state index contributed by atoms with van der Waals surface area (Å²) in [5, 5.41) is 4.31. The molecule has 2 aliphatic rings. The van der Waals surface area contributed by atoms with Gasteiger partial charge in [0.1, 0.15) is 0 Å². The van der Waals surface area contributed by atoms with E-state index < -0.39 is 0 Å². The van der Waals surface area contributed by atoms with E-state index in [0.29, 0.717) is 17.2 Å². The maximum absolute atomic E-state index is 5.91. The molecule has 0 saturated carbocycles. The van der Waals surface area contributed by atoms with Gasteiger partial charge >= 0.3 is 0 Å². The molecule has 3 aromatic rings. The molecule has 140 valence electrons. The number of nitrogens with zero attached hydrogens (tertiary/aromatic N) is 1. The molecule has 2 heterocycles. The number of hydrogen-bond acceptors (Lipinski definition) is 6. The molecule has 0 aromatic heterocycles. The highest BCUT2D eigenvalue weighted by Crippen LogP contribution is 2.55. The number of fused-ring (bicyclic) bond motifs is 4. The van der Waals surface area contributed by atoms with Crippen molar-refractivity contribution >= 4 is 27.2 Å². The largest absolute Gasteiger partial charge is 0.493 e. The fourth-order valence-corrected chi connectivity index (χ4v) is 4.29. The number of hydrogen-bond donors (Lipinski definition) is 0. The molecule has 0 atom stereocenters. The van der Waals surface area contributed by atoms with Gasteiger partial charge in [0, 0.05) is 35.6 Å². The van der Waals surface area contributed by atoms with Crippen LogP contribution in [0.2, 0.25) is 0 Å². The highest BCUT2D eigenvalue weighted by atomic mass is 16.7. The third-order valence-corrected chi connectivity index (χ3v) is 5.56. The van der Waals surface area contributed by atoms with E-state index >= 15 is 0 Å². The van der Waals surface area contributed by atoms with Crippen molar-refractivity contribution in [2.75, 3.05) is 46.6 Å². The van der Waals surface area contributed by atoms with Gasteiger partial charge < -0.3 is 28.6 Å². The number of anilines is 1. The van der Waals surface area contributed by atoms with Gasteiger partial charge in [-0.3, -0.25) is 0 Å². The molecule has 5 rings (SSSR count). The van der Waals surface area contributed by atoms with E-state index in [-0.39, 0.29) is 6.79 Å². The van der Waals surface area contributed by atoms with E-state index in [1.54, 1.807) is 21.3 Å². The molecule has 0 bridgehead atoms. The van der Waals surface area contributed by atoms with Crippen LogP contribution in [-0.4, -0.2) is 41.7 Å². The Labute approximate surface area is 157 Å². The van der Waals surface area contributed by atoms with Crippen LogP contribution in [0, 0.1) is 0 Å². The minimum atomic E-state index is 0.194. The van der Waals surface area contributed by atoms with Gasteiger partial charge in [-0.15, -0.1) is 0 Å².